The number of nitrogens with zero attached hydrogens (tertiary/aromatic N) is 1. The highest BCUT2D eigenvalue weighted by Gasteiger charge is 2.31. The molecule has 0 radical (unpaired) electrons. The molecule has 1 atom stereocenters. The van der Waals surface area contributed by atoms with Gasteiger partial charge in [-0.25, -0.2) is 4.39 Å². The first-order chi connectivity index (χ1) is 16.9. The van der Waals surface area contributed by atoms with Gasteiger partial charge in [0.05, 0.1) is 0 Å². The van der Waals surface area contributed by atoms with Crippen molar-refractivity contribution in [1.82, 2.24) is 10.2 Å². The number of rotatable bonds is 11. The number of aryl methyl sites for hydroxylation is 1. The van der Waals surface area contributed by atoms with Gasteiger partial charge in [0.1, 0.15) is 17.6 Å². The van der Waals surface area contributed by atoms with Crippen LogP contribution in [0.4, 0.5) is 4.39 Å². The second-order valence-corrected chi connectivity index (χ2v) is 8.72. The Hall–Kier alpha value is -3.38. The van der Waals surface area contributed by atoms with Gasteiger partial charge >= 0.3 is 0 Å². The van der Waals surface area contributed by atoms with Crippen molar-refractivity contribution in [2.45, 2.75) is 39.3 Å². The molecule has 0 aromatic heterocycles. The molecule has 3 aromatic rings. The number of hydrogen-bond donors (Lipinski definition) is 1. The lowest BCUT2D eigenvalue weighted by Gasteiger charge is -2.31. The molecule has 0 spiro atoms. The van der Waals surface area contributed by atoms with Crippen LogP contribution in [0.15, 0.2) is 72.8 Å². The summed E-state index contributed by atoms with van der Waals surface area (Å²) in [6.07, 6.45) is 1.04. The van der Waals surface area contributed by atoms with Crippen molar-refractivity contribution < 1.29 is 18.7 Å². The summed E-state index contributed by atoms with van der Waals surface area (Å²) < 4.78 is 20.3. The molecule has 0 fully saturated rings. The summed E-state index contributed by atoms with van der Waals surface area (Å²) in [4.78, 5) is 28.1. The molecule has 7 heteroatoms. The maximum Gasteiger partial charge on any atom is 0.261 e. The van der Waals surface area contributed by atoms with Crippen LogP contribution in [0.5, 0.6) is 5.75 Å². The van der Waals surface area contributed by atoms with Gasteiger partial charge in [-0.05, 0) is 48.7 Å². The molecule has 0 bridgehead atoms. The maximum absolute atomic E-state index is 14.6. The SMILES string of the molecule is CCCNC(=O)[C@H](Cc1ccccc1)N(Cc1ccccc1F)C(=O)COc1ccc(Cl)c(C)c1. The smallest absolute Gasteiger partial charge is 0.261 e. The molecule has 5 nitrogen and oxygen atoms in total. The van der Waals surface area contributed by atoms with E-state index in [0.717, 1.165) is 17.5 Å². The van der Waals surface area contributed by atoms with Crippen molar-refractivity contribution in [3.8, 4) is 5.75 Å². The highest BCUT2D eigenvalue weighted by molar-refractivity contribution is 6.31. The van der Waals surface area contributed by atoms with Gasteiger partial charge in [-0.2, -0.15) is 0 Å². The van der Waals surface area contributed by atoms with Gasteiger partial charge in [-0.15, -0.1) is 0 Å². The standard InChI is InChI=1S/C28H30ClFN2O3/c1-3-15-31-28(34)26(17-21-9-5-4-6-10-21)32(18-22-11-7-8-12-25(22)30)27(33)19-35-23-13-14-24(29)20(2)16-23/h4-14,16,26H,3,15,17-19H2,1-2H3,(H,31,34)/t26-/m0/s1. The molecular weight excluding hydrogens is 467 g/mol. The Morgan fingerprint density at radius 3 is 2.46 bits per heavy atom. The van der Waals surface area contributed by atoms with Crippen LogP contribution in [0, 0.1) is 12.7 Å². The monoisotopic (exact) mass is 496 g/mol. The highest BCUT2D eigenvalue weighted by Crippen LogP contribution is 2.22. The molecule has 184 valence electrons. The largest absolute Gasteiger partial charge is 0.484 e. The Morgan fingerprint density at radius 1 is 1.06 bits per heavy atom. The normalized spacial score (nSPS) is 11.5. The molecular formula is C28H30ClFN2O3. The number of carbonyl (C=O) groups is 2. The summed E-state index contributed by atoms with van der Waals surface area (Å²) in [7, 11) is 0. The van der Waals surface area contributed by atoms with E-state index in [0.29, 0.717) is 22.9 Å². The minimum Gasteiger partial charge on any atom is -0.484 e. The third-order valence-electron chi connectivity index (χ3n) is 5.61. The van der Waals surface area contributed by atoms with Crippen molar-refractivity contribution >= 4 is 23.4 Å². The zero-order chi connectivity index (χ0) is 25.2. The van der Waals surface area contributed by atoms with Crippen LogP contribution in [0.1, 0.15) is 30.0 Å². The number of halogens is 2. The number of benzene rings is 3. The van der Waals surface area contributed by atoms with Gasteiger partial charge in [-0.3, -0.25) is 9.59 Å². The highest BCUT2D eigenvalue weighted by atomic mass is 35.5. The average Bonchev–Trinajstić information content (AvgIpc) is 2.86. The molecule has 0 aliphatic rings. The van der Waals surface area contributed by atoms with Gasteiger partial charge in [0.2, 0.25) is 5.91 Å². The zero-order valence-electron chi connectivity index (χ0n) is 20.0. The van der Waals surface area contributed by atoms with Gasteiger partial charge in [0, 0.05) is 30.1 Å². The Morgan fingerprint density at radius 2 is 1.77 bits per heavy atom. The first-order valence-corrected chi connectivity index (χ1v) is 12.0. The van der Waals surface area contributed by atoms with Crippen molar-refractivity contribution in [2.75, 3.05) is 13.2 Å². The fourth-order valence-electron chi connectivity index (χ4n) is 3.67. The fourth-order valence-corrected chi connectivity index (χ4v) is 3.78. The fraction of sp³-hybridized carbons (Fsp3) is 0.286. The third-order valence-corrected chi connectivity index (χ3v) is 6.03. The third kappa shape index (κ3) is 7.55. The molecule has 2 amide bonds. The first kappa shape index (κ1) is 26.2. The predicted octanol–water partition coefficient (Wildman–Crippen LogP) is 5.33. The van der Waals surface area contributed by atoms with Crippen molar-refractivity contribution in [3.05, 3.63) is 100 Å². The van der Waals surface area contributed by atoms with Crippen molar-refractivity contribution in [2.24, 2.45) is 0 Å². The Balaban J connectivity index is 1.90. The minimum atomic E-state index is -0.841. The van der Waals surface area contributed by atoms with Crippen LogP contribution in [0.2, 0.25) is 5.02 Å². The first-order valence-electron chi connectivity index (χ1n) is 11.6. The second-order valence-electron chi connectivity index (χ2n) is 8.31. The molecule has 0 unspecified atom stereocenters. The summed E-state index contributed by atoms with van der Waals surface area (Å²) in [6, 6.07) is 20.0. The molecule has 0 aliphatic carbocycles. The van der Waals surface area contributed by atoms with E-state index >= 15 is 0 Å². The minimum absolute atomic E-state index is 0.0639. The van der Waals surface area contributed by atoms with E-state index < -0.39 is 17.8 Å². The van der Waals surface area contributed by atoms with E-state index in [1.807, 2.05) is 44.2 Å². The van der Waals surface area contributed by atoms with E-state index in [4.69, 9.17) is 16.3 Å². The summed E-state index contributed by atoms with van der Waals surface area (Å²) >= 11 is 6.08. The molecule has 0 saturated carbocycles. The number of hydrogen-bond acceptors (Lipinski definition) is 3. The van der Waals surface area contributed by atoms with Crippen LogP contribution in [0.3, 0.4) is 0 Å². The Bertz CT molecular complexity index is 1140. The Labute approximate surface area is 210 Å². The lowest BCUT2D eigenvalue weighted by atomic mass is 10.0. The average molecular weight is 497 g/mol. The molecule has 3 rings (SSSR count). The summed E-state index contributed by atoms with van der Waals surface area (Å²) in [6.45, 7) is 3.91. The van der Waals surface area contributed by atoms with Crippen LogP contribution in [-0.2, 0) is 22.6 Å². The van der Waals surface area contributed by atoms with Gasteiger partial charge in [-0.1, -0.05) is 67.1 Å². The van der Waals surface area contributed by atoms with Crippen molar-refractivity contribution in [3.63, 3.8) is 0 Å². The molecule has 35 heavy (non-hydrogen) atoms. The molecule has 1 N–H and O–H groups in total. The second kappa shape index (κ2) is 12.9. The lowest BCUT2D eigenvalue weighted by Crippen LogP contribution is -2.52. The van der Waals surface area contributed by atoms with E-state index in [1.54, 1.807) is 36.4 Å². The van der Waals surface area contributed by atoms with E-state index in [9.17, 15) is 14.0 Å². The zero-order valence-corrected chi connectivity index (χ0v) is 20.7. The van der Waals surface area contributed by atoms with Crippen molar-refractivity contribution in [1.29, 1.82) is 0 Å². The molecule has 0 heterocycles. The quantitative estimate of drug-likeness (QED) is 0.390. The van der Waals surface area contributed by atoms with Crippen LogP contribution >= 0.6 is 11.6 Å². The molecule has 0 saturated heterocycles. The molecule has 0 aliphatic heterocycles. The van der Waals surface area contributed by atoms with Crippen LogP contribution in [-0.4, -0.2) is 35.9 Å². The van der Waals surface area contributed by atoms with E-state index in [-0.39, 0.29) is 25.5 Å². The summed E-state index contributed by atoms with van der Waals surface area (Å²) in [5, 5.41) is 3.49. The van der Waals surface area contributed by atoms with Crippen LogP contribution < -0.4 is 10.1 Å². The number of ether oxygens (including phenoxy) is 1. The van der Waals surface area contributed by atoms with Gasteiger partial charge < -0.3 is 15.0 Å². The van der Waals surface area contributed by atoms with E-state index in [1.165, 1.54) is 11.0 Å². The number of carbonyl (C=O) groups excluding carboxylic acids is 2. The Kier molecular flexibility index (Phi) is 9.67. The summed E-state index contributed by atoms with van der Waals surface area (Å²) in [5.74, 6) is -0.663. The maximum atomic E-state index is 14.6. The lowest BCUT2D eigenvalue weighted by molar-refractivity contribution is -0.142. The topological polar surface area (TPSA) is 58.6 Å². The number of nitrogens with one attached hydrogen (secondary N) is 1. The molecule has 3 aromatic carbocycles. The van der Waals surface area contributed by atoms with Crippen LogP contribution in [0.25, 0.3) is 0 Å². The predicted molar refractivity (Wildman–Crippen MR) is 136 cm³/mol. The van der Waals surface area contributed by atoms with Gasteiger partial charge in [0.25, 0.3) is 5.91 Å². The summed E-state index contributed by atoms with van der Waals surface area (Å²) in [5.41, 5.74) is 2.04. The van der Waals surface area contributed by atoms with E-state index in [2.05, 4.69) is 5.32 Å². The van der Waals surface area contributed by atoms with Gasteiger partial charge in [0.15, 0.2) is 6.61 Å². The number of amides is 2.